The van der Waals surface area contributed by atoms with Crippen LogP contribution in [0.4, 0.5) is 0 Å². The maximum absolute atomic E-state index is 12.3. The number of aromatic nitrogens is 2. The lowest BCUT2D eigenvalue weighted by Crippen LogP contribution is -2.44. The number of aryl methyl sites for hydroxylation is 1. The van der Waals surface area contributed by atoms with Gasteiger partial charge in [-0.2, -0.15) is 0 Å². The van der Waals surface area contributed by atoms with Crippen molar-refractivity contribution >= 4 is 5.91 Å². The lowest BCUT2D eigenvalue weighted by molar-refractivity contribution is -0.147. The molecule has 7 nitrogen and oxygen atoms in total. The maximum atomic E-state index is 12.3. The zero-order chi connectivity index (χ0) is 15.4. The van der Waals surface area contributed by atoms with Crippen molar-refractivity contribution in [2.45, 2.75) is 51.2 Å². The minimum absolute atomic E-state index is 0.00936. The SMILES string of the molecule is Cc1nnc([C@H]2CN(C(=O)COC3CCCCC3)CCO2)o1. The molecule has 122 valence electrons. The predicted octanol–water partition coefficient (Wildman–Crippen LogP) is 1.63. The largest absolute Gasteiger partial charge is 0.423 e. The van der Waals surface area contributed by atoms with E-state index in [2.05, 4.69) is 10.2 Å². The van der Waals surface area contributed by atoms with E-state index in [0.29, 0.717) is 31.5 Å². The molecule has 22 heavy (non-hydrogen) atoms. The molecule has 0 spiro atoms. The Morgan fingerprint density at radius 3 is 2.86 bits per heavy atom. The molecule has 0 aromatic carbocycles. The number of ether oxygens (including phenoxy) is 2. The van der Waals surface area contributed by atoms with Crippen LogP contribution in [0.15, 0.2) is 4.42 Å². The molecule has 0 bridgehead atoms. The summed E-state index contributed by atoms with van der Waals surface area (Å²) in [6, 6.07) is 0. The van der Waals surface area contributed by atoms with Crippen molar-refractivity contribution in [2.75, 3.05) is 26.3 Å². The van der Waals surface area contributed by atoms with E-state index in [0.717, 1.165) is 12.8 Å². The summed E-state index contributed by atoms with van der Waals surface area (Å²) in [6.07, 6.45) is 5.73. The number of morpholine rings is 1. The van der Waals surface area contributed by atoms with Gasteiger partial charge in [0.2, 0.25) is 17.7 Å². The monoisotopic (exact) mass is 309 g/mol. The summed E-state index contributed by atoms with van der Waals surface area (Å²) in [4.78, 5) is 14.1. The topological polar surface area (TPSA) is 77.7 Å². The van der Waals surface area contributed by atoms with Crippen molar-refractivity contribution in [3.05, 3.63) is 11.8 Å². The fraction of sp³-hybridized carbons (Fsp3) is 0.800. The summed E-state index contributed by atoms with van der Waals surface area (Å²) in [7, 11) is 0. The smallest absolute Gasteiger partial charge is 0.248 e. The minimum Gasteiger partial charge on any atom is -0.423 e. The molecule has 0 N–H and O–H groups in total. The second-order valence-corrected chi connectivity index (χ2v) is 5.93. The van der Waals surface area contributed by atoms with Gasteiger partial charge in [0, 0.05) is 13.5 Å². The third-order valence-electron chi connectivity index (χ3n) is 4.23. The van der Waals surface area contributed by atoms with Gasteiger partial charge < -0.3 is 18.8 Å². The Balaban J connectivity index is 1.49. The van der Waals surface area contributed by atoms with E-state index in [4.69, 9.17) is 13.9 Å². The number of hydrogen-bond acceptors (Lipinski definition) is 6. The maximum Gasteiger partial charge on any atom is 0.248 e. The molecular weight excluding hydrogens is 286 g/mol. The highest BCUT2D eigenvalue weighted by molar-refractivity contribution is 5.77. The van der Waals surface area contributed by atoms with E-state index in [9.17, 15) is 4.79 Å². The van der Waals surface area contributed by atoms with Crippen molar-refractivity contribution < 1.29 is 18.7 Å². The Hall–Kier alpha value is -1.47. The van der Waals surface area contributed by atoms with Crippen molar-refractivity contribution in [1.82, 2.24) is 15.1 Å². The van der Waals surface area contributed by atoms with Gasteiger partial charge in [-0.05, 0) is 12.8 Å². The summed E-state index contributed by atoms with van der Waals surface area (Å²) in [5.41, 5.74) is 0. The molecule has 2 fully saturated rings. The van der Waals surface area contributed by atoms with Gasteiger partial charge in [-0.3, -0.25) is 4.79 Å². The highest BCUT2D eigenvalue weighted by Gasteiger charge is 2.29. The van der Waals surface area contributed by atoms with E-state index >= 15 is 0 Å². The van der Waals surface area contributed by atoms with Crippen molar-refractivity contribution in [3.63, 3.8) is 0 Å². The number of carbonyl (C=O) groups is 1. The van der Waals surface area contributed by atoms with Gasteiger partial charge in [0.15, 0.2) is 6.10 Å². The minimum atomic E-state index is -0.339. The Morgan fingerprint density at radius 2 is 2.14 bits per heavy atom. The Labute approximate surface area is 130 Å². The molecule has 2 aliphatic rings. The fourth-order valence-electron chi connectivity index (χ4n) is 2.98. The summed E-state index contributed by atoms with van der Waals surface area (Å²) in [5, 5.41) is 7.78. The van der Waals surface area contributed by atoms with Crippen LogP contribution in [-0.2, 0) is 14.3 Å². The summed E-state index contributed by atoms with van der Waals surface area (Å²) < 4.78 is 16.8. The van der Waals surface area contributed by atoms with Crippen molar-refractivity contribution in [2.24, 2.45) is 0 Å². The lowest BCUT2D eigenvalue weighted by atomic mass is 9.98. The van der Waals surface area contributed by atoms with E-state index in [-0.39, 0.29) is 24.7 Å². The standard InChI is InChI=1S/C15H23N3O4/c1-11-16-17-15(22-11)13-9-18(7-8-20-13)14(19)10-21-12-5-3-2-4-6-12/h12-13H,2-10H2,1H3/t13-/m1/s1. The predicted molar refractivity (Wildman–Crippen MR) is 77.1 cm³/mol. The highest BCUT2D eigenvalue weighted by Crippen LogP contribution is 2.22. The number of rotatable bonds is 4. The second-order valence-electron chi connectivity index (χ2n) is 5.93. The Kier molecular flexibility index (Phi) is 5.04. The molecule has 2 heterocycles. The van der Waals surface area contributed by atoms with Crippen LogP contribution in [0.25, 0.3) is 0 Å². The molecule has 1 amide bonds. The molecule has 0 unspecified atom stereocenters. The second kappa shape index (κ2) is 7.19. The molecule has 1 atom stereocenters. The molecule has 0 radical (unpaired) electrons. The molecule has 1 saturated heterocycles. The van der Waals surface area contributed by atoms with E-state index in [1.165, 1.54) is 19.3 Å². The van der Waals surface area contributed by atoms with Crippen molar-refractivity contribution in [3.8, 4) is 0 Å². The van der Waals surface area contributed by atoms with Crippen LogP contribution in [0.3, 0.4) is 0 Å². The third kappa shape index (κ3) is 3.84. The van der Waals surface area contributed by atoms with Gasteiger partial charge in [-0.15, -0.1) is 10.2 Å². The molecule has 1 aliphatic carbocycles. The Bertz CT molecular complexity index is 499. The number of hydrogen-bond donors (Lipinski definition) is 0. The first kappa shape index (κ1) is 15.4. The lowest BCUT2D eigenvalue weighted by Gasteiger charge is -2.32. The summed E-state index contributed by atoms with van der Waals surface area (Å²) in [5.74, 6) is 0.945. The molecule has 1 aliphatic heterocycles. The molecule has 1 aromatic heterocycles. The Morgan fingerprint density at radius 1 is 1.32 bits per heavy atom. The highest BCUT2D eigenvalue weighted by atomic mass is 16.5. The number of nitrogens with zero attached hydrogens (tertiary/aromatic N) is 3. The molecule has 7 heteroatoms. The fourth-order valence-corrected chi connectivity index (χ4v) is 2.98. The van der Waals surface area contributed by atoms with Crippen LogP contribution >= 0.6 is 0 Å². The average Bonchev–Trinajstić information content (AvgIpc) is 3.00. The molecule has 1 saturated carbocycles. The van der Waals surface area contributed by atoms with E-state index < -0.39 is 0 Å². The van der Waals surface area contributed by atoms with Crippen LogP contribution in [0.2, 0.25) is 0 Å². The van der Waals surface area contributed by atoms with Crippen LogP contribution in [-0.4, -0.2) is 53.4 Å². The van der Waals surface area contributed by atoms with Gasteiger partial charge in [0.25, 0.3) is 0 Å². The normalized spacial score (nSPS) is 23.7. The first-order valence-corrected chi connectivity index (χ1v) is 8.03. The van der Waals surface area contributed by atoms with Gasteiger partial charge in [-0.1, -0.05) is 19.3 Å². The van der Waals surface area contributed by atoms with Crippen LogP contribution in [0, 0.1) is 6.92 Å². The van der Waals surface area contributed by atoms with Crippen LogP contribution in [0.5, 0.6) is 0 Å². The van der Waals surface area contributed by atoms with E-state index in [1.54, 1.807) is 11.8 Å². The summed E-state index contributed by atoms with van der Waals surface area (Å²) >= 11 is 0. The zero-order valence-corrected chi connectivity index (χ0v) is 13.0. The van der Waals surface area contributed by atoms with Gasteiger partial charge in [-0.25, -0.2) is 0 Å². The number of carbonyl (C=O) groups excluding carboxylic acids is 1. The third-order valence-corrected chi connectivity index (χ3v) is 4.23. The first-order chi connectivity index (χ1) is 10.7. The van der Waals surface area contributed by atoms with Crippen LogP contribution in [0.1, 0.15) is 50.0 Å². The van der Waals surface area contributed by atoms with Crippen molar-refractivity contribution in [1.29, 1.82) is 0 Å². The zero-order valence-electron chi connectivity index (χ0n) is 13.0. The quantitative estimate of drug-likeness (QED) is 0.841. The summed E-state index contributed by atoms with van der Waals surface area (Å²) in [6.45, 7) is 3.38. The average molecular weight is 309 g/mol. The molecule has 3 rings (SSSR count). The van der Waals surface area contributed by atoms with Gasteiger partial charge in [0.1, 0.15) is 6.61 Å². The molecular formula is C15H23N3O4. The van der Waals surface area contributed by atoms with Gasteiger partial charge >= 0.3 is 0 Å². The van der Waals surface area contributed by atoms with Crippen LogP contribution < -0.4 is 0 Å². The first-order valence-electron chi connectivity index (χ1n) is 8.03. The van der Waals surface area contributed by atoms with Gasteiger partial charge in [0.05, 0.1) is 19.3 Å². The van der Waals surface area contributed by atoms with E-state index in [1.807, 2.05) is 0 Å². The molecule has 1 aromatic rings. The number of amides is 1.